The second-order valence-corrected chi connectivity index (χ2v) is 6.97. The number of nitrogens with zero attached hydrogens (tertiary/aromatic N) is 1. The Hall–Kier alpha value is -1.72. The lowest BCUT2D eigenvalue weighted by atomic mass is 10.2. The highest BCUT2D eigenvalue weighted by atomic mass is 35.5. The third-order valence-electron chi connectivity index (χ3n) is 3.64. The van der Waals surface area contributed by atoms with Crippen LogP contribution in [0.3, 0.4) is 0 Å². The molecule has 4 nitrogen and oxygen atoms in total. The molecule has 0 radical (unpaired) electrons. The first kappa shape index (κ1) is 14.2. The van der Waals surface area contributed by atoms with Gasteiger partial charge in [0.1, 0.15) is 0 Å². The molecule has 0 spiro atoms. The summed E-state index contributed by atoms with van der Waals surface area (Å²) in [6.07, 6.45) is 0.728. The summed E-state index contributed by atoms with van der Waals surface area (Å²) in [5.41, 5.74) is 3.01. The van der Waals surface area contributed by atoms with Crippen LogP contribution in [0.2, 0.25) is 5.02 Å². The van der Waals surface area contributed by atoms with Crippen molar-refractivity contribution in [3.05, 3.63) is 58.6 Å². The van der Waals surface area contributed by atoms with E-state index in [4.69, 9.17) is 11.6 Å². The van der Waals surface area contributed by atoms with E-state index < -0.39 is 10.2 Å². The fourth-order valence-corrected chi connectivity index (χ4v) is 4.02. The lowest BCUT2D eigenvalue weighted by Crippen LogP contribution is -2.34. The average molecular weight is 323 g/mol. The van der Waals surface area contributed by atoms with Crippen LogP contribution in [0.15, 0.2) is 42.5 Å². The minimum absolute atomic E-state index is 0.453. The lowest BCUT2D eigenvalue weighted by Gasteiger charge is -2.21. The van der Waals surface area contributed by atoms with E-state index in [9.17, 15) is 8.42 Å². The van der Waals surface area contributed by atoms with E-state index in [2.05, 4.69) is 4.72 Å². The van der Waals surface area contributed by atoms with Gasteiger partial charge in [0, 0.05) is 11.6 Å². The van der Waals surface area contributed by atoms with Gasteiger partial charge in [-0.05, 0) is 42.7 Å². The molecular weight excluding hydrogens is 308 g/mol. The second-order valence-electron chi connectivity index (χ2n) is 4.97. The predicted octanol–water partition coefficient (Wildman–Crippen LogP) is 3.37. The zero-order valence-electron chi connectivity index (χ0n) is 11.5. The van der Waals surface area contributed by atoms with Crippen LogP contribution in [-0.2, 0) is 16.6 Å². The number of benzene rings is 2. The van der Waals surface area contributed by atoms with Crippen molar-refractivity contribution in [2.45, 2.75) is 13.3 Å². The van der Waals surface area contributed by atoms with Gasteiger partial charge < -0.3 is 0 Å². The lowest BCUT2D eigenvalue weighted by molar-refractivity contribution is 0.597. The summed E-state index contributed by atoms with van der Waals surface area (Å²) >= 11 is 6.03. The van der Waals surface area contributed by atoms with Gasteiger partial charge in [0.2, 0.25) is 0 Å². The Kier molecular flexibility index (Phi) is 3.55. The third kappa shape index (κ3) is 2.59. The van der Waals surface area contributed by atoms with Crippen LogP contribution in [0, 0.1) is 6.92 Å². The quantitative estimate of drug-likeness (QED) is 0.942. The van der Waals surface area contributed by atoms with Crippen LogP contribution in [0.4, 0.5) is 11.4 Å². The minimum atomic E-state index is -3.64. The van der Waals surface area contributed by atoms with Gasteiger partial charge in [0.05, 0.1) is 11.4 Å². The Morgan fingerprint density at radius 2 is 1.90 bits per heavy atom. The molecule has 3 rings (SSSR count). The van der Waals surface area contributed by atoms with Crippen molar-refractivity contribution in [3.8, 4) is 0 Å². The number of hydrogen-bond acceptors (Lipinski definition) is 2. The average Bonchev–Trinajstić information content (AvgIpc) is 2.88. The SMILES string of the molecule is Cc1c(Cl)cccc1NS(=O)(=O)N1CCc2ccccc21. The van der Waals surface area contributed by atoms with Crippen molar-refractivity contribution in [1.82, 2.24) is 0 Å². The highest BCUT2D eigenvalue weighted by Gasteiger charge is 2.29. The molecule has 0 bridgehead atoms. The van der Waals surface area contributed by atoms with Crippen molar-refractivity contribution in [1.29, 1.82) is 0 Å². The van der Waals surface area contributed by atoms with Crippen molar-refractivity contribution >= 4 is 33.2 Å². The number of nitrogens with one attached hydrogen (secondary N) is 1. The molecule has 1 N–H and O–H groups in total. The molecule has 1 heterocycles. The fraction of sp³-hybridized carbons (Fsp3) is 0.200. The minimum Gasteiger partial charge on any atom is -0.266 e. The van der Waals surface area contributed by atoms with Crippen LogP contribution in [-0.4, -0.2) is 15.0 Å². The summed E-state index contributed by atoms with van der Waals surface area (Å²) < 4.78 is 29.2. The third-order valence-corrected chi connectivity index (χ3v) is 5.49. The van der Waals surface area contributed by atoms with Crippen LogP contribution >= 0.6 is 11.6 Å². The standard InChI is InChI=1S/C15H15ClN2O2S/c1-11-13(16)6-4-7-14(11)17-21(19,20)18-10-9-12-5-2-3-8-15(12)18/h2-8,17H,9-10H2,1H3. The summed E-state index contributed by atoms with van der Waals surface area (Å²) in [5.74, 6) is 0. The first-order valence-corrected chi connectivity index (χ1v) is 8.44. The van der Waals surface area contributed by atoms with E-state index in [0.29, 0.717) is 17.3 Å². The van der Waals surface area contributed by atoms with E-state index >= 15 is 0 Å². The number of hydrogen-bond donors (Lipinski definition) is 1. The van der Waals surface area contributed by atoms with Gasteiger partial charge in [0.25, 0.3) is 0 Å². The molecule has 0 saturated carbocycles. The maximum Gasteiger partial charge on any atom is 0.323 e. The summed E-state index contributed by atoms with van der Waals surface area (Å²) in [4.78, 5) is 0. The zero-order chi connectivity index (χ0) is 15.0. The van der Waals surface area contributed by atoms with Gasteiger partial charge in [-0.1, -0.05) is 35.9 Å². The number of rotatable bonds is 3. The van der Waals surface area contributed by atoms with Crippen molar-refractivity contribution in [3.63, 3.8) is 0 Å². The first-order chi connectivity index (χ1) is 9.99. The molecule has 2 aromatic rings. The van der Waals surface area contributed by atoms with Crippen LogP contribution in [0.25, 0.3) is 0 Å². The normalized spacial score (nSPS) is 14.1. The van der Waals surface area contributed by atoms with Gasteiger partial charge in [-0.2, -0.15) is 8.42 Å². The Morgan fingerprint density at radius 3 is 2.71 bits per heavy atom. The Labute approximate surface area is 129 Å². The molecule has 0 atom stereocenters. The second kappa shape index (κ2) is 5.24. The Bertz CT molecular complexity index is 790. The topological polar surface area (TPSA) is 49.4 Å². The molecular formula is C15H15ClN2O2S. The van der Waals surface area contributed by atoms with E-state index in [-0.39, 0.29) is 0 Å². The smallest absolute Gasteiger partial charge is 0.266 e. The van der Waals surface area contributed by atoms with Gasteiger partial charge in [-0.25, -0.2) is 0 Å². The molecule has 0 aromatic heterocycles. The maximum atomic E-state index is 12.6. The molecule has 1 aliphatic heterocycles. The summed E-state index contributed by atoms with van der Waals surface area (Å²) in [7, 11) is -3.64. The number of anilines is 2. The van der Waals surface area contributed by atoms with Crippen LogP contribution < -0.4 is 9.03 Å². The van der Waals surface area contributed by atoms with E-state index in [1.54, 1.807) is 25.1 Å². The van der Waals surface area contributed by atoms with Gasteiger partial charge >= 0.3 is 10.2 Å². The molecule has 0 unspecified atom stereocenters. The Morgan fingerprint density at radius 1 is 1.14 bits per heavy atom. The fourth-order valence-electron chi connectivity index (χ4n) is 2.47. The number of fused-ring (bicyclic) bond motifs is 1. The van der Waals surface area contributed by atoms with Crippen molar-refractivity contribution in [2.24, 2.45) is 0 Å². The molecule has 1 aliphatic rings. The monoisotopic (exact) mass is 322 g/mol. The molecule has 6 heteroatoms. The number of para-hydroxylation sites is 1. The van der Waals surface area contributed by atoms with E-state index in [0.717, 1.165) is 23.2 Å². The highest BCUT2D eigenvalue weighted by Crippen LogP contribution is 2.31. The van der Waals surface area contributed by atoms with Crippen LogP contribution in [0.1, 0.15) is 11.1 Å². The van der Waals surface area contributed by atoms with E-state index in [1.165, 1.54) is 4.31 Å². The summed E-state index contributed by atoms with van der Waals surface area (Å²) in [5, 5.41) is 0.539. The van der Waals surface area contributed by atoms with Gasteiger partial charge in [-0.15, -0.1) is 0 Å². The summed E-state index contributed by atoms with van der Waals surface area (Å²) in [6, 6.07) is 12.7. The maximum absolute atomic E-state index is 12.6. The highest BCUT2D eigenvalue weighted by molar-refractivity contribution is 7.94. The molecule has 110 valence electrons. The van der Waals surface area contributed by atoms with Crippen molar-refractivity contribution in [2.75, 3.05) is 15.6 Å². The molecule has 0 fully saturated rings. The Balaban J connectivity index is 1.94. The van der Waals surface area contributed by atoms with Crippen molar-refractivity contribution < 1.29 is 8.42 Å². The predicted molar refractivity (Wildman–Crippen MR) is 86.2 cm³/mol. The summed E-state index contributed by atoms with van der Waals surface area (Å²) in [6.45, 7) is 2.24. The van der Waals surface area contributed by atoms with Crippen LogP contribution in [0.5, 0.6) is 0 Å². The van der Waals surface area contributed by atoms with E-state index in [1.807, 2.05) is 24.3 Å². The molecule has 0 saturated heterocycles. The van der Waals surface area contributed by atoms with Gasteiger partial charge in [-0.3, -0.25) is 9.03 Å². The first-order valence-electron chi connectivity index (χ1n) is 6.62. The molecule has 21 heavy (non-hydrogen) atoms. The number of halogens is 1. The molecule has 0 aliphatic carbocycles. The zero-order valence-corrected chi connectivity index (χ0v) is 13.1. The molecule has 0 amide bonds. The molecule has 2 aromatic carbocycles. The van der Waals surface area contributed by atoms with Gasteiger partial charge in [0.15, 0.2) is 0 Å². The largest absolute Gasteiger partial charge is 0.323 e.